The minimum Gasteiger partial charge on any atom is -0.495 e. The molecule has 1 amide bonds. The molecule has 158 valence electrons. The number of aryl methyl sites for hydroxylation is 1. The van der Waals surface area contributed by atoms with E-state index >= 15 is 0 Å². The first-order chi connectivity index (χ1) is 13.8. The average molecular weight is 439 g/mol. The number of carbonyl (C=O) groups excluding carboxylic acids is 1. The normalized spacial score (nSPS) is 12.6. The van der Waals surface area contributed by atoms with Gasteiger partial charge in [0, 0.05) is 12.6 Å². The Balaban J connectivity index is 1.98. The van der Waals surface area contributed by atoms with E-state index in [1.807, 2.05) is 37.3 Å². The van der Waals surface area contributed by atoms with Crippen LogP contribution in [0.2, 0.25) is 5.02 Å². The van der Waals surface area contributed by atoms with Crippen LogP contribution < -0.4 is 10.1 Å². The molecule has 0 radical (unpaired) electrons. The van der Waals surface area contributed by atoms with E-state index in [2.05, 4.69) is 5.32 Å². The number of halogens is 1. The van der Waals surface area contributed by atoms with Gasteiger partial charge in [0.25, 0.3) is 0 Å². The van der Waals surface area contributed by atoms with E-state index in [4.69, 9.17) is 16.3 Å². The maximum Gasteiger partial charge on any atom is 0.243 e. The summed E-state index contributed by atoms with van der Waals surface area (Å²) in [6.07, 6.45) is 1.60. The summed E-state index contributed by atoms with van der Waals surface area (Å²) in [5.74, 6) is 0.0502. The second-order valence-electron chi connectivity index (χ2n) is 6.72. The fraction of sp³-hybridized carbons (Fsp3) is 0.381. The van der Waals surface area contributed by atoms with Gasteiger partial charge in [0.05, 0.1) is 23.6 Å². The molecule has 0 aromatic heterocycles. The van der Waals surface area contributed by atoms with Crippen LogP contribution in [-0.2, 0) is 21.2 Å². The summed E-state index contributed by atoms with van der Waals surface area (Å²) in [7, 11) is -2.40. The zero-order valence-corrected chi connectivity index (χ0v) is 18.5. The molecule has 8 heteroatoms. The van der Waals surface area contributed by atoms with Crippen molar-refractivity contribution in [2.75, 3.05) is 20.2 Å². The highest BCUT2D eigenvalue weighted by Crippen LogP contribution is 2.28. The molecule has 0 saturated carbocycles. The number of hydrogen-bond donors (Lipinski definition) is 1. The minimum absolute atomic E-state index is 0.0232. The Kier molecular flexibility index (Phi) is 8.49. The van der Waals surface area contributed by atoms with Crippen molar-refractivity contribution in [3.8, 4) is 5.75 Å². The highest BCUT2D eigenvalue weighted by atomic mass is 35.5. The van der Waals surface area contributed by atoms with E-state index in [1.54, 1.807) is 6.92 Å². The van der Waals surface area contributed by atoms with Crippen LogP contribution in [0, 0.1) is 0 Å². The topological polar surface area (TPSA) is 75.7 Å². The molecule has 0 unspecified atom stereocenters. The molecule has 1 atom stereocenters. The van der Waals surface area contributed by atoms with E-state index in [0.29, 0.717) is 5.75 Å². The van der Waals surface area contributed by atoms with Gasteiger partial charge >= 0.3 is 0 Å². The summed E-state index contributed by atoms with van der Waals surface area (Å²) in [5, 5.41) is 3.07. The SMILES string of the molecule is CCN(CC(=O)N[C@@H](C)CCc1ccccc1)S(=O)(=O)c1ccc(OC)c(Cl)c1. The molecule has 6 nitrogen and oxygen atoms in total. The predicted octanol–water partition coefficient (Wildman–Crippen LogP) is 3.50. The molecular formula is C21H27ClN2O4S. The van der Waals surface area contributed by atoms with E-state index in [1.165, 1.54) is 30.9 Å². The highest BCUT2D eigenvalue weighted by molar-refractivity contribution is 7.89. The lowest BCUT2D eigenvalue weighted by Crippen LogP contribution is -2.43. The maximum atomic E-state index is 12.9. The molecular weight excluding hydrogens is 412 g/mol. The number of ether oxygens (including phenoxy) is 1. The Morgan fingerprint density at radius 2 is 1.90 bits per heavy atom. The molecule has 29 heavy (non-hydrogen) atoms. The Bertz CT molecular complexity index is 920. The van der Waals surface area contributed by atoms with Gasteiger partial charge in [0.15, 0.2) is 0 Å². The quantitative estimate of drug-likeness (QED) is 0.616. The number of benzene rings is 2. The van der Waals surface area contributed by atoms with E-state index < -0.39 is 10.0 Å². The second kappa shape index (κ2) is 10.6. The van der Waals surface area contributed by atoms with E-state index in [0.717, 1.165) is 17.1 Å². The Labute approximate surface area is 177 Å². The molecule has 0 fully saturated rings. The van der Waals surface area contributed by atoms with Gasteiger partial charge in [0.2, 0.25) is 15.9 Å². The van der Waals surface area contributed by atoms with Gasteiger partial charge in [-0.05, 0) is 43.5 Å². The number of sulfonamides is 1. The van der Waals surface area contributed by atoms with Crippen LogP contribution in [0.5, 0.6) is 5.75 Å². The second-order valence-corrected chi connectivity index (χ2v) is 9.07. The summed E-state index contributed by atoms with van der Waals surface area (Å²) in [6.45, 7) is 3.51. The monoisotopic (exact) mass is 438 g/mol. The van der Waals surface area contributed by atoms with Crippen molar-refractivity contribution in [2.24, 2.45) is 0 Å². The van der Waals surface area contributed by atoms with Crippen LogP contribution in [0.3, 0.4) is 0 Å². The summed E-state index contributed by atoms with van der Waals surface area (Å²) in [5.41, 5.74) is 1.20. The third-order valence-corrected chi connectivity index (χ3v) is 6.76. The van der Waals surface area contributed by atoms with Crippen molar-refractivity contribution in [3.63, 3.8) is 0 Å². The predicted molar refractivity (Wildman–Crippen MR) is 115 cm³/mol. The van der Waals surface area contributed by atoms with Gasteiger partial charge < -0.3 is 10.1 Å². The summed E-state index contributed by atoms with van der Waals surface area (Å²) in [6, 6.07) is 14.2. The van der Waals surface area contributed by atoms with Crippen molar-refractivity contribution in [2.45, 2.75) is 37.6 Å². The van der Waals surface area contributed by atoms with Crippen LogP contribution in [0.4, 0.5) is 0 Å². The molecule has 0 aliphatic heterocycles. The zero-order valence-electron chi connectivity index (χ0n) is 16.9. The Morgan fingerprint density at radius 3 is 2.48 bits per heavy atom. The van der Waals surface area contributed by atoms with Crippen LogP contribution in [0.25, 0.3) is 0 Å². The van der Waals surface area contributed by atoms with Gasteiger partial charge in [-0.3, -0.25) is 4.79 Å². The molecule has 0 bridgehead atoms. The standard InChI is InChI=1S/C21H27ClN2O4S/c1-4-24(29(26,27)18-12-13-20(28-3)19(22)14-18)15-21(25)23-16(2)10-11-17-8-6-5-7-9-17/h5-9,12-14,16H,4,10-11,15H2,1-3H3,(H,23,25)/t16-/m0/s1. The molecule has 1 N–H and O–H groups in total. The third kappa shape index (κ3) is 6.45. The maximum absolute atomic E-state index is 12.9. The van der Waals surface area contributed by atoms with Crippen LogP contribution in [0.1, 0.15) is 25.8 Å². The van der Waals surface area contributed by atoms with Crippen molar-refractivity contribution in [3.05, 3.63) is 59.1 Å². The molecule has 0 spiro atoms. The van der Waals surface area contributed by atoms with Crippen LogP contribution in [0.15, 0.2) is 53.4 Å². The molecule has 2 aromatic rings. The Hall–Kier alpha value is -2.09. The number of likely N-dealkylation sites (N-methyl/N-ethyl adjacent to an activating group) is 1. The molecule has 0 aliphatic rings. The third-order valence-electron chi connectivity index (χ3n) is 4.55. The molecule has 2 rings (SSSR count). The zero-order chi connectivity index (χ0) is 21.4. The summed E-state index contributed by atoms with van der Waals surface area (Å²) < 4.78 is 32.0. The van der Waals surface area contributed by atoms with Crippen LogP contribution in [-0.4, -0.2) is 44.9 Å². The summed E-state index contributed by atoms with van der Waals surface area (Å²) in [4.78, 5) is 12.4. The highest BCUT2D eigenvalue weighted by Gasteiger charge is 2.26. The fourth-order valence-electron chi connectivity index (χ4n) is 2.90. The first-order valence-electron chi connectivity index (χ1n) is 9.45. The number of hydrogen-bond acceptors (Lipinski definition) is 4. The average Bonchev–Trinajstić information content (AvgIpc) is 2.71. The molecule has 0 aliphatic carbocycles. The molecule has 0 saturated heterocycles. The summed E-state index contributed by atoms with van der Waals surface area (Å²) >= 11 is 6.06. The van der Waals surface area contributed by atoms with Gasteiger partial charge in [-0.1, -0.05) is 48.9 Å². The number of rotatable bonds is 10. The van der Waals surface area contributed by atoms with Crippen LogP contribution >= 0.6 is 11.6 Å². The lowest BCUT2D eigenvalue weighted by molar-refractivity contribution is -0.121. The Morgan fingerprint density at radius 1 is 1.21 bits per heavy atom. The smallest absolute Gasteiger partial charge is 0.243 e. The first-order valence-corrected chi connectivity index (χ1v) is 11.3. The minimum atomic E-state index is -3.85. The number of carbonyl (C=O) groups is 1. The fourth-order valence-corrected chi connectivity index (χ4v) is 4.66. The molecule has 2 aromatic carbocycles. The van der Waals surface area contributed by atoms with E-state index in [-0.39, 0.29) is 35.0 Å². The van der Waals surface area contributed by atoms with Crippen molar-refractivity contribution < 1.29 is 17.9 Å². The number of nitrogens with one attached hydrogen (secondary N) is 1. The van der Waals surface area contributed by atoms with Crippen molar-refractivity contribution in [1.82, 2.24) is 9.62 Å². The lowest BCUT2D eigenvalue weighted by Gasteiger charge is -2.22. The number of methoxy groups -OCH3 is 1. The van der Waals surface area contributed by atoms with Crippen molar-refractivity contribution >= 4 is 27.5 Å². The van der Waals surface area contributed by atoms with Gasteiger partial charge in [0.1, 0.15) is 5.75 Å². The number of nitrogens with zero attached hydrogens (tertiary/aromatic N) is 1. The van der Waals surface area contributed by atoms with E-state index in [9.17, 15) is 13.2 Å². The van der Waals surface area contributed by atoms with Gasteiger partial charge in [-0.2, -0.15) is 4.31 Å². The number of amides is 1. The van der Waals surface area contributed by atoms with Gasteiger partial charge in [-0.15, -0.1) is 0 Å². The first kappa shape index (κ1) is 23.2. The lowest BCUT2D eigenvalue weighted by atomic mass is 10.1. The van der Waals surface area contributed by atoms with Gasteiger partial charge in [-0.25, -0.2) is 8.42 Å². The molecule has 0 heterocycles. The van der Waals surface area contributed by atoms with Crippen molar-refractivity contribution in [1.29, 1.82) is 0 Å². The largest absolute Gasteiger partial charge is 0.495 e.